The van der Waals surface area contributed by atoms with Crippen LogP contribution >= 0.6 is 23.4 Å². The summed E-state index contributed by atoms with van der Waals surface area (Å²) in [4.78, 5) is 10.5. The predicted octanol–water partition coefficient (Wildman–Crippen LogP) is 2.53. The molecule has 2 aromatic rings. The molecule has 0 radical (unpaired) electrons. The van der Waals surface area contributed by atoms with Gasteiger partial charge in [0.15, 0.2) is 11.0 Å². The van der Waals surface area contributed by atoms with Crippen LogP contribution in [0.4, 0.5) is 0 Å². The Bertz CT molecular complexity index is 660. The van der Waals surface area contributed by atoms with Crippen molar-refractivity contribution in [1.82, 2.24) is 14.8 Å². The molecule has 0 saturated heterocycles. The van der Waals surface area contributed by atoms with E-state index in [9.17, 15) is 4.79 Å². The highest BCUT2D eigenvalue weighted by atomic mass is 35.5. The molecule has 8 heteroatoms. The van der Waals surface area contributed by atoms with Gasteiger partial charge in [0.05, 0.1) is 5.75 Å². The normalized spacial score (nSPS) is 10.6. The number of hydrogen-bond donors (Lipinski definition) is 1. The maximum atomic E-state index is 10.5. The molecule has 112 valence electrons. The molecule has 0 atom stereocenters. The zero-order chi connectivity index (χ0) is 15.4. The first kappa shape index (κ1) is 15.7. The summed E-state index contributed by atoms with van der Waals surface area (Å²) in [6.07, 6.45) is 0. The summed E-state index contributed by atoms with van der Waals surface area (Å²) in [6, 6.07) is 5.40. The van der Waals surface area contributed by atoms with Crippen molar-refractivity contribution >= 4 is 29.3 Å². The molecule has 1 heterocycles. The van der Waals surface area contributed by atoms with Gasteiger partial charge in [0.1, 0.15) is 12.4 Å². The lowest BCUT2D eigenvalue weighted by molar-refractivity contribution is -0.133. The quantitative estimate of drug-likeness (QED) is 0.821. The van der Waals surface area contributed by atoms with Gasteiger partial charge in [0.2, 0.25) is 0 Å². The van der Waals surface area contributed by atoms with Crippen molar-refractivity contribution in [3.8, 4) is 5.75 Å². The molecular weight excluding hydrogens is 314 g/mol. The van der Waals surface area contributed by atoms with Gasteiger partial charge in [-0.05, 0) is 30.7 Å². The zero-order valence-corrected chi connectivity index (χ0v) is 13.1. The molecule has 0 amide bonds. The third-order valence-corrected chi connectivity index (χ3v) is 4.18. The summed E-state index contributed by atoms with van der Waals surface area (Å²) in [5, 5.41) is 17.8. The Morgan fingerprint density at radius 1 is 1.48 bits per heavy atom. The molecule has 1 aromatic carbocycles. The number of rotatable bonds is 6. The van der Waals surface area contributed by atoms with E-state index >= 15 is 0 Å². The molecule has 0 aliphatic heterocycles. The minimum atomic E-state index is -0.891. The minimum Gasteiger partial charge on any atom is -0.486 e. The molecule has 0 aliphatic carbocycles. The van der Waals surface area contributed by atoms with Crippen LogP contribution in [0.25, 0.3) is 0 Å². The predicted molar refractivity (Wildman–Crippen MR) is 79.9 cm³/mol. The molecule has 0 spiro atoms. The number of halogens is 1. The molecular formula is C13H14ClN3O3S. The fourth-order valence-corrected chi connectivity index (χ4v) is 2.35. The Balaban J connectivity index is 2.00. The number of thioether (sulfide) groups is 1. The van der Waals surface area contributed by atoms with Gasteiger partial charge in [-0.2, -0.15) is 0 Å². The van der Waals surface area contributed by atoms with Crippen LogP contribution in [0.5, 0.6) is 5.75 Å². The minimum absolute atomic E-state index is 0.0524. The van der Waals surface area contributed by atoms with Crippen molar-refractivity contribution < 1.29 is 14.6 Å². The summed E-state index contributed by atoms with van der Waals surface area (Å²) >= 11 is 7.07. The average Bonchev–Trinajstić information content (AvgIpc) is 2.78. The van der Waals surface area contributed by atoms with Gasteiger partial charge in [0, 0.05) is 12.1 Å². The Morgan fingerprint density at radius 2 is 2.24 bits per heavy atom. The molecule has 0 unspecified atom stereocenters. The number of ether oxygens (including phenoxy) is 1. The number of aliphatic carboxylic acids is 1. The van der Waals surface area contributed by atoms with Crippen molar-refractivity contribution in [1.29, 1.82) is 0 Å². The number of benzene rings is 1. The highest BCUT2D eigenvalue weighted by molar-refractivity contribution is 7.99. The molecule has 21 heavy (non-hydrogen) atoms. The summed E-state index contributed by atoms with van der Waals surface area (Å²) in [7, 11) is 1.77. The summed E-state index contributed by atoms with van der Waals surface area (Å²) < 4.78 is 7.36. The van der Waals surface area contributed by atoms with E-state index in [0.29, 0.717) is 21.8 Å². The van der Waals surface area contributed by atoms with E-state index in [1.807, 2.05) is 13.0 Å². The van der Waals surface area contributed by atoms with E-state index in [-0.39, 0.29) is 12.4 Å². The highest BCUT2D eigenvalue weighted by Crippen LogP contribution is 2.22. The van der Waals surface area contributed by atoms with Crippen LogP contribution in [-0.4, -0.2) is 31.6 Å². The van der Waals surface area contributed by atoms with Crippen molar-refractivity contribution in [3.63, 3.8) is 0 Å². The van der Waals surface area contributed by atoms with Crippen LogP contribution in [-0.2, 0) is 18.4 Å². The molecule has 0 aliphatic rings. The number of nitrogens with zero attached hydrogens (tertiary/aromatic N) is 3. The number of hydrogen-bond acceptors (Lipinski definition) is 5. The third-order valence-electron chi connectivity index (χ3n) is 2.75. The van der Waals surface area contributed by atoms with E-state index < -0.39 is 5.97 Å². The molecule has 2 rings (SSSR count). The van der Waals surface area contributed by atoms with Gasteiger partial charge in [0.25, 0.3) is 0 Å². The lowest BCUT2D eigenvalue weighted by Crippen LogP contribution is -2.05. The summed E-state index contributed by atoms with van der Waals surface area (Å²) in [5.41, 5.74) is 0.935. The monoisotopic (exact) mass is 327 g/mol. The first-order valence-corrected chi connectivity index (χ1v) is 7.45. The fraction of sp³-hybridized carbons (Fsp3) is 0.308. The van der Waals surface area contributed by atoms with Gasteiger partial charge < -0.3 is 14.4 Å². The maximum Gasteiger partial charge on any atom is 0.313 e. The van der Waals surface area contributed by atoms with Crippen molar-refractivity contribution in [2.45, 2.75) is 18.7 Å². The topological polar surface area (TPSA) is 77.2 Å². The van der Waals surface area contributed by atoms with E-state index in [4.69, 9.17) is 21.4 Å². The number of carboxylic acid groups (broad SMARTS) is 1. The van der Waals surface area contributed by atoms with Gasteiger partial charge >= 0.3 is 5.97 Å². The summed E-state index contributed by atoms with van der Waals surface area (Å²) in [5.74, 6) is 0.371. The first-order chi connectivity index (χ1) is 9.97. The Hall–Kier alpha value is -1.73. The number of aromatic nitrogens is 3. The van der Waals surface area contributed by atoms with E-state index in [1.165, 1.54) is 0 Å². The van der Waals surface area contributed by atoms with Crippen molar-refractivity contribution in [2.24, 2.45) is 7.05 Å². The highest BCUT2D eigenvalue weighted by Gasteiger charge is 2.11. The maximum absolute atomic E-state index is 10.5. The van der Waals surface area contributed by atoms with Crippen LogP contribution in [0, 0.1) is 6.92 Å². The number of aryl methyl sites for hydroxylation is 1. The molecule has 6 nitrogen and oxygen atoms in total. The lowest BCUT2D eigenvalue weighted by Gasteiger charge is -2.07. The molecule has 0 saturated carbocycles. The molecule has 1 aromatic heterocycles. The second-order valence-corrected chi connectivity index (χ2v) is 5.69. The van der Waals surface area contributed by atoms with Crippen LogP contribution < -0.4 is 4.74 Å². The lowest BCUT2D eigenvalue weighted by atomic mass is 10.2. The van der Waals surface area contributed by atoms with Gasteiger partial charge in [-0.3, -0.25) is 4.79 Å². The SMILES string of the molecule is Cc1cc(OCc2nnc(SCC(=O)O)n2C)ccc1Cl. The standard InChI is InChI=1S/C13H14ClN3O3S/c1-8-5-9(3-4-10(8)14)20-6-11-15-16-13(17(11)2)21-7-12(18)19/h3-5H,6-7H2,1-2H3,(H,18,19). The smallest absolute Gasteiger partial charge is 0.313 e. The Morgan fingerprint density at radius 3 is 2.90 bits per heavy atom. The van der Waals surface area contributed by atoms with Crippen LogP contribution in [0.3, 0.4) is 0 Å². The average molecular weight is 328 g/mol. The van der Waals surface area contributed by atoms with Gasteiger partial charge in [-0.1, -0.05) is 23.4 Å². The second kappa shape index (κ2) is 6.82. The summed E-state index contributed by atoms with van der Waals surface area (Å²) in [6.45, 7) is 2.15. The van der Waals surface area contributed by atoms with E-state index in [2.05, 4.69) is 10.2 Å². The van der Waals surface area contributed by atoms with Crippen LogP contribution in [0.2, 0.25) is 5.02 Å². The van der Waals surface area contributed by atoms with E-state index in [0.717, 1.165) is 17.3 Å². The van der Waals surface area contributed by atoms with Crippen molar-refractivity contribution in [3.05, 3.63) is 34.6 Å². The fourth-order valence-electron chi connectivity index (χ4n) is 1.58. The van der Waals surface area contributed by atoms with E-state index in [1.54, 1.807) is 23.7 Å². The second-order valence-electron chi connectivity index (χ2n) is 4.34. The molecule has 0 bridgehead atoms. The van der Waals surface area contributed by atoms with Gasteiger partial charge in [-0.15, -0.1) is 10.2 Å². The Kier molecular flexibility index (Phi) is 5.08. The third kappa shape index (κ3) is 4.12. The van der Waals surface area contributed by atoms with Crippen molar-refractivity contribution in [2.75, 3.05) is 5.75 Å². The first-order valence-electron chi connectivity index (χ1n) is 6.09. The molecule has 0 fully saturated rings. The zero-order valence-electron chi connectivity index (χ0n) is 11.5. The van der Waals surface area contributed by atoms with Crippen LogP contribution in [0.1, 0.15) is 11.4 Å². The molecule has 1 N–H and O–H groups in total. The largest absolute Gasteiger partial charge is 0.486 e. The Labute approximate surface area is 131 Å². The number of carboxylic acids is 1. The number of carbonyl (C=O) groups is 1. The van der Waals surface area contributed by atoms with Gasteiger partial charge in [-0.25, -0.2) is 0 Å². The van der Waals surface area contributed by atoms with Crippen LogP contribution in [0.15, 0.2) is 23.4 Å².